The van der Waals surface area contributed by atoms with Crippen LogP contribution in [0.3, 0.4) is 0 Å². The Morgan fingerprint density at radius 2 is 2.10 bits per heavy atom. The molecule has 0 aromatic carbocycles. The van der Waals surface area contributed by atoms with Crippen LogP contribution in [0.2, 0.25) is 0 Å². The standard InChI is InChI=1S/C14H21N3O3/c1-4-17-10(3)13(9(2)15-17)14(20)16-7-5-6-11(16)8-12(18)19/h11H,4-8H2,1-3H3,(H,18,19)/t11-/m0/s1. The summed E-state index contributed by atoms with van der Waals surface area (Å²) >= 11 is 0. The molecule has 110 valence electrons. The van der Waals surface area contributed by atoms with E-state index in [9.17, 15) is 9.59 Å². The molecular formula is C14H21N3O3. The summed E-state index contributed by atoms with van der Waals surface area (Å²) in [6, 6.07) is -0.191. The summed E-state index contributed by atoms with van der Waals surface area (Å²) in [6.07, 6.45) is 1.65. The van der Waals surface area contributed by atoms with Crippen molar-refractivity contribution in [1.82, 2.24) is 14.7 Å². The van der Waals surface area contributed by atoms with E-state index < -0.39 is 5.97 Å². The van der Waals surface area contributed by atoms with Crippen molar-refractivity contribution in [2.45, 2.75) is 52.6 Å². The number of carboxylic acid groups (broad SMARTS) is 1. The van der Waals surface area contributed by atoms with Crippen LogP contribution >= 0.6 is 0 Å². The van der Waals surface area contributed by atoms with Gasteiger partial charge in [-0.15, -0.1) is 0 Å². The largest absolute Gasteiger partial charge is 0.481 e. The Morgan fingerprint density at radius 1 is 1.40 bits per heavy atom. The van der Waals surface area contributed by atoms with Crippen LogP contribution in [0.4, 0.5) is 0 Å². The van der Waals surface area contributed by atoms with Gasteiger partial charge >= 0.3 is 5.97 Å². The van der Waals surface area contributed by atoms with Gasteiger partial charge in [-0.25, -0.2) is 0 Å². The Morgan fingerprint density at radius 3 is 2.65 bits per heavy atom. The highest BCUT2D eigenvalue weighted by Gasteiger charge is 2.33. The number of carbonyl (C=O) groups excluding carboxylic acids is 1. The highest BCUT2D eigenvalue weighted by atomic mass is 16.4. The first kappa shape index (κ1) is 14.6. The smallest absolute Gasteiger partial charge is 0.305 e. The molecule has 6 nitrogen and oxygen atoms in total. The summed E-state index contributed by atoms with van der Waals surface area (Å²) in [7, 11) is 0. The Bertz CT molecular complexity index is 536. The monoisotopic (exact) mass is 279 g/mol. The molecule has 0 unspecified atom stereocenters. The fraction of sp³-hybridized carbons (Fsp3) is 0.643. The van der Waals surface area contributed by atoms with Gasteiger partial charge in [-0.3, -0.25) is 14.3 Å². The first-order valence-electron chi connectivity index (χ1n) is 7.02. The topological polar surface area (TPSA) is 75.4 Å². The maximum absolute atomic E-state index is 12.7. The van der Waals surface area contributed by atoms with E-state index in [2.05, 4.69) is 5.10 Å². The van der Waals surface area contributed by atoms with Gasteiger partial charge in [0, 0.05) is 24.8 Å². The van der Waals surface area contributed by atoms with Gasteiger partial charge in [0.2, 0.25) is 0 Å². The number of aryl methyl sites for hydroxylation is 2. The minimum atomic E-state index is -0.854. The predicted molar refractivity (Wildman–Crippen MR) is 73.7 cm³/mol. The molecule has 0 radical (unpaired) electrons. The zero-order chi connectivity index (χ0) is 14.9. The van der Waals surface area contributed by atoms with Gasteiger partial charge in [-0.05, 0) is 33.6 Å². The van der Waals surface area contributed by atoms with Gasteiger partial charge in [0.1, 0.15) is 0 Å². The second-order valence-corrected chi connectivity index (χ2v) is 5.25. The molecule has 0 aliphatic carbocycles. The summed E-state index contributed by atoms with van der Waals surface area (Å²) in [6.45, 7) is 7.05. The van der Waals surface area contributed by atoms with Crippen molar-refractivity contribution in [2.75, 3.05) is 6.54 Å². The quantitative estimate of drug-likeness (QED) is 0.908. The fourth-order valence-electron chi connectivity index (χ4n) is 2.97. The van der Waals surface area contributed by atoms with Crippen molar-refractivity contribution in [2.24, 2.45) is 0 Å². The zero-order valence-electron chi connectivity index (χ0n) is 12.2. The van der Waals surface area contributed by atoms with Crippen molar-refractivity contribution in [1.29, 1.82) is 0 Å². The number of carboxylic acids is 1. The lowest BCUT2D eigenvalue weighted by atomic mass is 10.1. The number of rotatable bonds is 4. The van der Waals surface area contributed by atoms with Crippen LogP contribution in [0.1, 0.15) is 47.9 Å². The molecule has 20 heavy (non-hydrogen) atoms. The fourth-order valence-corrected chi connectivity index (χ4v) is 2.97. The molecule has 1 fully saturated rings. The second-order valence-electron chi connectivity index (χ2n) is 5.25. The average Bonchev–Trinajstić information content (AvgIpc) is 2.93. The lowest BCUT2D eigenvalue weighted by Gasteiger charge is -2.23. The molecule has 1 N–H and O–H groups in total. The Kier molecular flexibility index (Phi) is 4.11. The van der Waals surface area contributed by atoms with Gasteiger partial charge in [0.15, 0.2) is 0 Å². The second kappa shape index (κ2) is 5.64. The molecular weight excluding hydrogens is 258 g/mol. The molecule has 1 amide bonds. The Balaban J connectivity index is 2.27. The van der Waals surface area contributed by atoms with Crippen LogP contribution in [0, 0.1) is 13.8 Å². The van der Waals surface area contributed by atoms with Crippen molar-refractivity contribution < 1.29 is 14.7 Å². The Labute approximate surface area is 118 Å². The van der Waals surface area contributed by atoms with Gasteiger partial charge < -0.3 is 10.0 Å². The number of nitrogens with zero attached hydrogens (tertiary/aromatic N) is 3. The minimum absolute atomic E-state index is 0.0196. The van der Waals surface area contributed by atoms with E-state index in [0.29, 0.717) is 12.1 Å². The van der Waals surface area contributed by atoms with E-state index in [0.717, 1.165) is 30.8 Å². The third kappa shape index (κ3) is 2.55. The lowest BCUT2D eigenvalue weighted by Crippen LogP contribution is -2.37. The van der Waals surface area contributed by atoms with E-state index in [4.69, 9.17) is 5.11 Å². The molecule has 1 aliphatic heterocycles. The molecule has 1 aromatic rings. The summed E-state index contributed by atoms with van der Waals surface area (Å²) in [4.78, 5) is 25.3. The lowest BCUT2D eigenvalue weighted by molar-refractivity contribution is -0.137. The maximum Gasteiger partial charge on any atom is 0.305 e. The van der Waals surface area contributed by atoms with Crippen molar-refractivity contribution in [3.05, 3.63) is 17.0 Å². The number of hydrogen-bond donors (Lipinski definition) is 1. The molecule has 2 heterocycles. The first-order valence-corrected chi connectivity index (χ1v) is 7.02. The van der Waals surface area contributed by atoms with E-state index in [1.807, 2.05) is 25.5 Å². The predicted octanol–water partition coefficient (Wildman–Crippen LogP) is 1.60. The average molecular weight is 279 g/mol. The summed E-state index contributed by atoms with van der Waals surface area (Å²) in [5, 5.41) is 13.3. The molecule has 0 spiro atoms. The van der Waals surface area contributed by atoms with Gasteiger partial charge in [0.05, 0.1) is 17.7 Å². The van der Waals surface area contributed by atoms with Crippen LogP contribution in [0.5, 0.6) is 0 Å². The maximum atomic E-state index is 12.7. The summed E-state index contributed by atoms with van der Waals surface area (Å²) in [5.74, 6) is -0.934. The molecule has 1 aromatic heterocycles. The van der Waals surface area contributed by atoms with Gasteiger partial charge in [-0.1, -0.05) is 0 Å². The van der Waals surface area contributed by atoms with E-state index in [1.165, 1.54) is 0 Å². The Hall–Kier alpha value is -1.85. The zero-order valence-corrected chi connectivity index (χ0v) is 12.2. The minimum Gasteiger partial charge on any atom is -0.481 e. The number of aromatic nitrogens is 2. The number of carbonyl (C=O) groups is 2. The molecule has 1 saturated heterocycles. The molecule has 0 bridgehead atoms. The number of amides is 1. The van der Waals surface area contributed by atoms with E-state index >= 15 is 0 Å². The summed E-state index contributed by atoms with van der Waals surface area (Å²) < 4.78 is 1.81. The van der Waals surface area contributed by atoms with Gasteiger partial charge in [-0.2, -0.15) is 5.10 Å². The molecule has 6 heteroatoms. The molecule has 2 rings (SSSR count). The van der Waals surface area contributed by atoms with Crippen molar-refractivity contribution in [3.8, 4) is 0 Å². The van der Waals surface area contributed by atoms with E-state index in [-0.39, 0.29) is 18.4 Å². The number of hydrogen-bond acceptors (Lipinski definition) is 3. The first-order chi connectivity index (χ1) is 9.45. The van der Waals surface area contributed by atoms with Crippen LogP contribution in [-0.2, 0) is 11.3 Å². The number of aliphatic carboxylic acids is 1. The van der Waals surface area contributed by atoms with Crippen LogP contribution in [0.15, 0.2) is 0 Å². The van der Waals surface area contributed by atoms with E-state index in [1.54, 1.807) is 4.90 Å². The van der Waals surface area contributed by atoms with Crippen molar-refractivity contribution in [3.63, 3.8) is 0 Å². The van der Waals surface area contributed by atoms with Crippen LogP contribution in [0.25, 0.3) is 0 Å². The highest BCUT2D eigenvalue weighted by molar-refractivity contribution is 5.97. The number of likely N-dealkylation sites (tertiary alicyclic amines) is 1. The highest BCUT2D eigenvalue weighted by Crippen LogP contribution is 2.25. The third-order valence-electron chi connectivity index (χ3n) is 3.94. The normalized spacial score (nSPS) is 18.6. The van der Waals surface area contributed by atoms with Gasteiger partial charge in [0.25, 0.3) is 5.91 Å². The SMILES string of the molecule is CCn1nc(C)c(C(=O)N2CCC[C@H]2CC(=O)O)c1C. The van der Waals surface area contributed by atoms with Crippen molar-refractivity contribution >= 4 is 11.9 Å². The molecule has 0 saturated carbocycles. The third-order valence-corrected chi connectivity index (χ3v) is 3.94. The van der Waals surface area contributed by atoms with Crippen LogP contribution < -0.4 is 0 Å². The molecule has 1 atom stereocenters. The van der Waals surface area contributed by atoms with Crippen LogP contribution in [-0.4, -0.2) is 44.3 Å². The molecule has 1 aliphatic rings. The summed E-state index contributed by atoms with van der Waals surface area (Å²) in [5.41, 5.74) is 2.20.